The van der Waals surface area contributed by atoms with E-state index in [2.05, 4.69) is 54.0 Å². The molecule has 0 radical (unpaired) electrons. The minimum absolute atomic E-state index is 0.209. The van der Waals surface area contributed by atoms with E-state index in [0.717, 1.165) is 13.0 Å². The molecule has 0 aromatic heterocycles. The zero-order valence-electron chi connectivity index (χ0n) is 16.9. The van der Waals surface area contributed by atoms with E-state index >= 15 is 0 Å². The highest BCUT2D eigenvalue weighted by Gasteiger charge is 2.40. The van der Waals surface area contributed by atoms with Crippen molar-refractivity contribution in [3.8, 4) is 0 Å². The van der Waals surface area contributed by atoms with Crippen LogP contribution in [0, 0.1) is 5.92 Å². The molecule has 0 saturated heterocycles. The van der Waals surface area contributed by atoms with Crippen molar-refractivity contribution in [1.29, 1.82) is 0 Å². The Morgan fingerprint density at radius 1 is 1.18 bits per heavy atom. The predicted octanol–water partition coefficient (Wildman–Crippen LogP) is 3.46. The van der Waals surface area contributed by atoms with Crippen molar-refractivity contribution in [2.45, 2.75) is 63.6 Å². The molecule has 0 heterocycles. The van der Waals surface area contributed by atoms with Gasteiger partial charge in [-0.1, -0.05) is 48.9 Å². The van der Waals surface area contributed by atoms with Gasteiger partial charge in [-0.25, -0.2) is 4.79 Å². The maximum Gasteiger partial charge on any atom is 0.329 e. The smallest absolute Gasteiger partial charge is 0.329 e. The molecule has 0 bridgehead atoms. The molecule has 28 heavy (non-hydrogen) atoms. The summed E-state index contributed by atoms with van der Waals surface area (Å²) in [6.45, 7) is 3.24. The number of aliphatic carboxylic acids is 1. The van der Waals surface area contributed by atoms with Crippen molar-refractivity contribution in [2.75, 3.05) is 19.8 Å². The van der Waals surface area contributed by atoms with Crippen molar-refractivity contribution >= 4 is 12.0 Å². The molecular weight excluding hydrogens is 352 g/mol. The Kier molecular flexibility index (Phi) is 8.07. The summed E-state index contributed by atoms with van der Waals surface area (Å²) in [5.41, 5.74) is 2.88. The summed E-state index contributed by atoms with van der Waals surface area (Å²) in [4.78, 5) is 10.4. The quantitative estimate of drug-likeness (QED) is 0.508. The number of hydrogen-bond donors (Lipinski definition) is 3. The zero-order chi connectivity index (χ0) is 19.8. The van der Waals surface area contributed by atoms with Gasteiger partial charge >= 0.3 is 5.97 Å². The van der Waals surface area contributed by atoms with Gasteiger partial charge in [-0.2, -0.15) is 0 Å². The lowest BCUT2D eigenvalue weighted by Gasteiger charge is -2.30. The molecule has 5 heteroatoms. The molecule has 2 aliphatic rings. The van der Waals surface area contributed by atoms with E-state index in [1.807, 2.05) is 0 Å². The van der Waals surface area contributed by atoms with Crippen LogP contribution in [0.3, 0.4) is 0 Å². The Hall–Kier alpha value is -1.69. The number of hydrogen-bond acceptors (Lipinski definition) is 4. The molecule has 2 saturated carbocycles. The van der Waals surface area contributed by atoms with E-state index in [4.69, 9.17) is 9.84 Å². The Morgan fingerprint density at radius 2 is 1.89 bits per heavy atom. The molecule has 0 aliphatic heterocycles. The average Bonchev–Trinajstić information content (AvgIpc) is 3.46. The van der Waals surface area contributed by atoms with Gasteiger partial charge in [0.05, 0.1) is 6.61 Å². The molecular formula is C23H34N2O3. The maximum absolute atomic E-state index is 10.4. The van der Waals surface area contributed by atoms with E-state index in [-0.39, 0.29) is 6.61 Å². The molecule has 1 aromatic carbocycles. The molecule has 0 amide bonds. The summed E-state index contributed by atoms with van der Waals surface area (Å²) in [5.74, 6) is -0.206. The van der Waals surface area contributed by atoms with Crippen molar-refractivity contribution in [3.63, 3.8) is 0 Å². The molecule has 0 spiro atoms. The standard InChI is InChI=1S/C23H34N2O3/c1-2-18(14-17-6-4-3-5-7-17)21-15-22(21)25-20-10-8-19(9-11-20)24-12-13-28-16-23(26)27/h3-7,14,19-22,24-25H,2,8-13,15-16H2,1H3,(H,26,27)/b18-14+/t19?,20?,21-,22+/m0/s1. The molecule has 5 nitrogen and oxygen atoms in total. The number of benzene rings is 1. The van der Waals surface area contributed by atoms with Crippen molar-refractivity contribution in [2.24, 2.45) is 5.92 Å². The second-order valence-corrected chi connectivity index (χ2v) is 8.05. The summed E-state index contributed by atoms with van der Waals surface area (Å²) < 4.78 is 5.08. The summed E-state index contributed by atoms with van der Waals surface area (Å²) >= 11 is 0. The first-order valence-electron chi connectivity index (χ1n) is 10.7. The number of rotatable bonds is 11. The van der Waals surface area contributed by atoms with Crippen LogP contribution in [-0.4, -0.2) is 49.0 Å². The number of carbonyl (C=O) groups is 1. The first-order valence-corrected chi connectivity index (χ1v) is 10.7. The summed E-state index contributed by atoms with van der Waals surface area (Å²) in [7, 11) is 0. The highest BCUT2D eigenvalue weighted by atomic mass is 16.5. The molecule has 154 valence electrons. The first kappa shape index (κ1) is 21.0. The predicted molar refractivity (Wildman–Crippen MR) is 112 cm³/mol. The normalized spacial score (nSPS) is 27.5. The lowest BCUT2D eigenvalue weighted by Crippen LogP contribution is -2.42. The van der Waals surface area contributed by atoms with Crippen LogP contribution in [0.15, 0.2) is 35.9 Å². The van der Waals surface area contributed by atoms with Gasteiger partial charge in [-0.05, 0) is 50.0 Å². The lowest BCUT2D eigenvalue weighted by atomic mass is 9.91. The topological polar surface area (TPSA) is 70.6 Å². The minimum atomic E-state index is -0.908. The number of ether oxygens (including phenoxy) is 1. The Bertz CT molecular complexity index is 639. The Labute approximate surface area is 168 Å². The lowest BCUT2D eigenvalue weighted by molar-refractivity contribution is -0.142. The van der Waals surface area contributed by atoms with Crippen molar-refractivity contribution in [3.05, 3.63) is 41.5 Å². The maximum atomic E-state index is 10.4. The summed E-state index contributed by atoms with van der Waals surface area (Å²) in [5, 5.41) is 15.9. The number of nitrogens with one attached hydrogen (secondary N) is 2. The summed E-state index contributed by atoms with van der Waals surface area (Å²) in [6.07, 6.45) is 9.54. The molecule has 2 fully saturated rings. The van der Waals surface area contributed by atoms with Gasteiger partial charge in [0.1, 0.15) is 6.61 Å². The van der Waals surface area contributed by atoms with Gasteiger partial charge in [0.2, 0.25) is 0 Å². The van der Waals surface area contributed by atoms with Crippen molar-refractivity contribution in [1.82, 2.24) is 10.6 Å². The fourth-order valence-corrected chi connectivity index (χ4v) is 4.29. The Morgan fingerprint density at radius 3 is 2.57 bits per heavy atom. The second kappa shape index (κ2) is 10.7. The molecule has 3 N–H and O–H groups in total. The SMILES string of the molecule is CC/C(=C\c1ccccc1)[C@@H]1C[C@H]1NC1CCC(NCCOCC(=O)O)CC1. The largest absolute Gasteiger partial charge is 0.480 e. The van der Waals surface area contributed by atoms with E-state index in [1.54, 1.807) is 5.57 Å². The fraction of sp³-hybridized carbons (Fsp3) is 0.609. The van der Waals surface area contributed by atoms with Crippen molar-refractivity contribution < 1.29 is 14.6 Å². The fourth-order valence-electron chi connectivity index (χ4n) is 4.29. The molecule has 2 atom stereocenters. The van der Waals surface area contributed by atoms with Crippen LogP contribution in [0.4, 0.5) is 0 Å². The molecule has 1 aromatic rings. The van der Waals surface area contributed by atoms with Crippen LogP contribution in [0.5, 0.6) is 0 Å². The van der Waals surface area contributed by atoms with Crippen LogP contribution in [0.1, 0.15) is 51.0 Å². The third-order valence-corrected chi connectivity index (χ3v) is 5.91. The van der Waals surface area contributed by atoms with Gasteiger partial charge in [0.25, 0.3) is 0 Å². The first-order chi connectivity index (χ1) is 13.7. The molecule has 2 aliphatic carbocycles. The van der Waals surface area contributed by atoms with E-state index in [1.165, 1.54) is 37.7 Å². The van der Waals surface area contributed by atoms with E-state index < -0.39 is 5.97 Å². The third kappa shape index (κ3) is 6.73. The zero-order valence-corrected chi connectivity index (χ0v) is 16.9. The van der Waals surface area contributed by atoms with Gasteiger partial charge in [0.15, 0.2) is 0 Å². The third-order valence-electron chi connectivity index (χ3n) is 5.91. The van der Waals surface area contributed by atoms with E-state index in [9.17, 15) is 4.79 Å². The average molecular weight is 387 g/mol. The van der Waals surface area contributed by atoms with Gasteiger partial charge < -0.3 is 20.5 Å². The van der Waals surface area contributed by atoms with E-state index in [0.29, 0.717) is 30.7 Å². The molecule has 0 unspecified atom stereocenters. The van der Waals surface area contributed by atoms with Gasteiger partial charge in [-0.15, -0.1) is 0 Å². The van der Waals surface area contributed by atoms with Crippen LogP contribution in [0.25, 0.3) is 6.08 Å². The number of carboxylic acid groups (broad SMARTS) is 1. The summed E-state index contributed by atoms with van der Waals surface area (Å²) in [6, 6.07) is 12.5. The second-order valence-electron chi connectivity index (χ2n) is 8.05. The molecule has 3 rings (SSSR count). The highest BCUT2D eigenvalue weighted by molar-refractivity contribution is 5.67. The van der Waals surface area contributed by atoms with Gasteiger partial charge in [0, 0.05) is 24.7 Å². The Balaban J connectivity index is 1.33. The van der Waals surface area contributed by atoms with Crippen LogP contribution in [0.2, 0.25) is 0 Å². The minimum Gasteiger partial charge on any atom is -0.480 e. The number of carboxylic acids is 1. The highest BCUT2D eigenvalue weighted by Crippen LogP contribution is 2.40. The van der Waals surface area contributed by atoms with Gasteiger partial charge in [-0.3, -0.25) is 0 Å². The van der Waals surface area contributed by atoms with Crippen LogP contribution in [-0.2, 0) is 9.53 Å². The van der Waals surface area contributed by atoms with Crippen LogP contribution < -0.4 is 10.6 Å². The van der Waals surface area contributed by atoms with Crippen LogP contribution >= 0.6 is 0 Å². The monoisotopic (exact) mass is 386 g/mol.